The molecule has 1 amide bonds. The van der Waals surface area contributed by atoms with Gasteiger partial charge in [0.2, 0.25) is 10.0 Å². The molecule has 1 rings (SSSR count). The largest absolute Gasteiger partial charge is 0.450 e. The number of nitrogens with one attached hydrogen (secondary N) is 1. The Kier molecular flexibility index (Phi) is 7.05. The molecule has 6 nitrogen and oxygen atoms in total. The van der Waals surface area contributed by atoms with Crippen LogP contribution in [0.25, 0.3) is 0 Å². The summed E-state index contributed by atoms with van der Waals surface area (Å²) in [7, 11) is -3.32. The summed E-state index contributed by atoms with van der Waals surface area (Å²) in [6.45, 7) is 4.63. The molecule has 8 heteroatoms. The predicted molar refractivity (Wildman–Crippen MR) is 78.4 cm³/mol. The highest BCUT2D eigenvalue weighted by molar-refractivity contribution is 7.89. The maximum atomic E-state index is 12.2. The molecular weight excluding hydrogens is 304 g/mol. The number of sulfonamides is 1. The molecule has 0 aromatic rings. The molecule has 1 saturated heterocycles. The van der Waals surface area contributed by atoms with Crippen molar-refractivity contribution in [1.29, 1.82) is 0 Å². The Labute approximate surface area is 125 Å². The molecule has 0 spiro atoms. The number of alkyl carbamates (subject to hydrolysis) is 1. The lowest BCUT2D eigenvalue weighted by Crippen LogP contribution is -2.50. The van der Waals surface area contributed by atoms with Crippen LogP contribution < -0.4 is 5.32 Å². The second-order valence-corrected chi connectivity index (χ2v) is 7.42. The Hall–Kier alpha value is -0.530. The molecule has 0 aromatic heterocycles. The monoisotopic (exact) mass is 326 g/mol. The Morgan fingerprint density at radius 3 is 2.85 bits per heavy atom. The first-order valence-corrected chi connectivity index (χ1v) is 9.00. The summed E-state index contributed by atoms with van der Waals surface area (Å²) in [5, 5.41) is 2.70. The number of carbonyl (C=O) groups excluding carboxylic acids is 1. The van der Waals surface area contributed by atoms with E-state index in [2.05, 4.69) is 5.32 Å². The molecule has 118 valence electrons. The van der Waals surface area contributed by atoms with Crippen molar-refractivity contribution < 1.29 is 17.9 Å². The predicted octanol–water partition coefficient (Wildman–Crippen LogP) is 1.40. The van der Waals surface area contributed by atoms with E-state index in [0.717, 1.165) is 12.8 Å². The van der Waals surface area contributed by atoms with Crippen molar-refractivity contribution in [2.45, 2.75) is 32.7 Å². The molecule has 2 unspecified atom stereocenters. The third kappa shape index (κ3) is 5.46. The van der Waals surface area contributed by atoms with E-state index in [1.165, 1.54) is 4.31 Å². The van der Waals surface area contributed by atoms with Gasteiger partial charge in [0.15, 0.2) is 0 Å². The van der Waals surface area contributed by atoms with Gasteiger partial charge in [-0.2, -0.15) is 4.31 Å². The first kappa shape index (κ1) is 17.5. The van der Waals surface area contributed by atoms with Gasteiger partial charge in [0.25, 0.3) is 0 Å². The summed E-state index contributed by atoms with van der Waals surface area (Å²) in [5.41, 5.74) is 0. The molecule has 0 aromatic carbocycles. The minimum absolute atomic E-state index is 0.0443. The van der Waals surface area contributed by atoms with E-state index in [0.29, 0.717) is 25.6 Å². The number of amides is 1. The maximum absolute atomic E-state index is 12.2. The van der Waals surface area contributed by atoms with Gasteiger partial charge in [0.05, 0.1) is 12.4 Å². The zero-order valence-corrected chi connectivity index (χ0v) is 13.5. The van der Waals surface area contributed by atoms with E-state index in [9.17, 15) is 13.2 Å². The molecule has 1 aliphatic rings. The topological polar surface area (TPSA) is 75.7 Å². The van der Waals surface area contributed by atoms with Crippen LogP contribution in [0.3, 0.4) is 0 Å². The molecule has 2 atom stereocenters. The first-order chi connectivity index (χ1) is 9.39. The fourth-order valence-electron chi connectivity index (χ4n) is 2.16. The summed E-state index contributed by atoms with van der Waals surface area (Å²) >= 11 is 5.67. The van der Waals surface area contributed by atoms with Crippen LogP contribution in [0.5, 0.6) is 0 Å². The zero-order chi connectivity index (χ0) is 15.2. The number of piperidine rings is 1. The van der Waals surface area contributed by atoms with E-state index < -0.39 is 16.1 Å². The third-order valence-corrected chi connectivity index (χ3v) is 5.77. The molecule has 0 radical (unpaired) electrons. The van der Waals surface area contributed by atoms with Crippen LogP contribution in [0.15, 0.2) is 0 Å². The van der Waals surface area contributed by atoms with Crippen molar-refractivity contribution in [1.82, 2.24) is 9.62 Å². The standard InChI is InChI=1S/C12H23ClN2O4S/c1-3-19-12(16)14-11-5-4-6-15(8-11)20(17,18)9-10(2)7-13/h10-11H,3-9H2,1-2H3,(H,14,16). The smallest absolute Gasteiger partial charge is 0.407 e. The van der Waals surface area contributed by atoms with E-state index in [1.807, 2.05) is 6.92 Å². The molecular formula is C12H23ClN2O4S. The van der Waals surface area contributed by atoms with Gasteiger partial charge in [-0.25, -0.2) is 13.2 Å². The lowest BCUT2D eigenvalue weighted by molar-refractivity contribution is 0.142. The molecule has 1 heterocycles. The highest BCUT2D eigenvalue weighted by atomic mass is 35.5. The van der Waals surface area contributed by atoms with Crippen LogP contribution in [-0.2, 0) is 14.8 Å². The molecule has 0 aliphatic carbocycles. The van der Waals surface area contributed by atoms with Gasteiger partial charge >= 0.3 is 6.09 Å². The van der Waals surface area contributed by atoms with Crippen LogP contribution in [0, 0.1) is 5.92 Å². The number of nitrogens with zero attached hydrogens (tertiary/aromatic N) is 1. The van der Waals surface area contributed by atoms with Crippen LogP contribution in [-0.4, -0.2) is 56.2 Å². The maximum Gasteiger partial charge on any atom is 0.407 e. The number of rotatable bonds is 6. The van der Waals surface area contributed by atoms with Gasteiger partial charge in [0, 0.05) is 25.0 Å². The summed E-state index contributed by atoms with van der Waals surface area (Å²) in [6, 6.07) is -0.191. The SMILES string of the molecule is CCOC(=O)NC1CCCN(S(=O)(=O)CC(C)CCl)C1. The van der Waals surface area contributed by atoms with E-state index in [4.69, 9.17) is 16.3 Å². The zero-order valence-electron chi connectivity index (χ0n) is 12.0. The quantitative estimate of drug-likeness (QED) is 0.749. The van der Waals surface area contributed by atoms with Gasteiger partial charge in [-0.05, 0) is 25.7 Å². The Morgan fingerprint density at radius 2 is 2.25 bits per heavy atom. The fourth-order valence-corrected chi connectivity index (χ4v) is 4.26. The van der Waals surface area contributed by atoms with E-state index in [1.54, 1.807) is 6.92 Å². The first-order valence-electron chi connectivity index (χ1n) is 6.86. The van der Waals surface area contributed by atoms with Crippen LogP contribution in [0.1, 0.15) is 26.7 Å². The molecule has 0 bridgehead atoms. The van der Waals surface area contributed by atoms with Gasteiger partial charge in [-0.3, -0.25) is 0 Å². The number of alkyl halides is 1. The normalized spacial score (nSPS) is 22.2. The van der Waals surface area contributed by atoms with Gasteiger partial charge in [-0.1, -0.05) is 6.92 Å². The summed E-state index contributed by atoms with van der Waals surface area (Å²) in [6.07, 6.45) is 0.993. The molecule has 1 fully saturated rings. The molecule has 1 N–H and O–H groups in total. The van der Waals surface area contributed by atoms with Gasteiger partial charge in [0.1, 0.15) is 0 Å². The number of halogens is 1. The summed E-state index contributed by atoms with van der Waals surface area (Å²) in [5.74, 6) is 0.278. The van der Waals surface area contributed by atoms with E-state index >= 15 is 0 Å². The average Bonchev–Trinajstić information content (AvgIpc) is 2.38. The minimum Gasteiger partial charge on any atom is -0.450 e. The van der Waals surface area contributed by atoms with E-state index in [-0.39, 0.29) is 17.7 Å². The molecule has 20 heavy (non-hydrogen) atoms. The number of hydrogen-bond donors (Lipinski definition) is 1. The van der Waals surface area contributed by atoms with Crippen molar-refractivity contribution >= 4 is 27.7 Å². The van der Waals surface area contributed by atoms with Crippen LogP contribution in [0.4, 0.5) is 4.79 Å². The second-order valence-electron chi connectivity index (χ2n) is 5.10. The lowest BCUT2D eigenvalue weighted by Gasteiger charge is -2.32. The fraction of sp³-hybridized carbons (Fsp3) is 0.917. The highest BCUT2D eigenvalue weighted by Crippen LogP contribution is 2.17. The highest BCUT2D eigenvalue weighted by Gasteiger charge is 2.30. The van der Waals surface area contributed by atoms with Crippen LogP contribution in [0.2, 0.25) is 0 Å². The van der Waals surface area contributed by atoms with Crippen molar-refractivity contribution in [3.05, 3.63) is 0 Å². The number of hydrogen-bond acceptors (Lipinski definition) is 4. The van der Waals surface area contributed by atoms with Crippen molar-refractivity contribution in [2.75, 3.05) is 31.3 Å². The average molecular weight is 327 g/mol. The van der Waals surface area contributed by atoms with Crippen molar-refractivity contribution in [2.24, 2.45) is 5.92 Å². The van der Waals surface area contributed by atoms with Crippen LogP contribution >= 0.6 is 11.6 Å². The van der Waals surface area contributed by atoms with Crippen molar-refractivity contribution in [3.63, 3.8) is 0 Å². The number of ether oxygens (including phenoxy) is 1. The summed E-state index contributed by atoms with van der Waals surface area (Å²) < 4.78 is 30.7. The van der Waals surface area contributed by atoms with Gasteiger partial charge < -0.3 is 10.1 Å². The molecule has 1 aliphatic heterocycles. The third-order valence-electron chi connectivity index (χ3n) is 3.13. The Bertz CT molecular complexity index is 416. The molecule has 0 saturated carbocycles. The Balaban J connectivity index is 2.57. The second kappa shape index (κ2) is 8.05. The number of carbonyl (C=O) groups is 1. The lowest BCUT2D eigenvalue weighted by atomic mass is 10.1. The minimum atomic E-state index is -3.32. The Morgan fingerprint density at radius 1 is 1.55 bits per heavy atom. The summed E-state index contributed by atoms with van der Waals surface area (Å²) in [4.78, 5) is 11.4. The van der Waals surface area contributed by atoms with Gasteiger partial charge in [-0.15, -0.1) is 11.6 Å². The van der Waals surface area contributed by atoms with Crippen molar-refractivity contribution in [3.8, 4) is 0 Å².